The van der Waals surface area contributed by atoms with Crippen LogP contribution >= 0.6 is 0 Å². The van der Waals surface area contributed by atoms with Gasteiger partial charge in [-0.15, -0.1) is 0 Å². The summed E-state index contributed by atoms with van der Waals surface area (Å²) >= 11 is 0. The highest BCUT2D eigenvalue weighted by Crippen LogP contribution is 2.40. The van der Waals surface area contributed by atoms with Crippen LogP contribution in [0.1, 0.15) is 59.8 Å². The Kier molecular flexibility index (Phi) is 4.91. The van der Waals surface area contributed by atoms with Gasteiger partial charge in [-0.25, -0.2) is 0 Å². The van der Waals surface area contributed by atoms with E-state index in [2.05, 4.69) is 33.0 Å². The van der Waals surface area contributed by atoms with Crippen LogP contribution in [0.15, 0.2) is 0 Å². The SMILES string of the molecule is CC1OCCC1(CCC1CCCO1)CNC(C)(C)C. The Balaban J connectivity index is 1.90. The summed E-state index contributed by atoms with van der Waals surface area (Å²) in [5.74, 6) is 0. The molecule has 3 unspecified atom stereocenters. The summed E-state index contributed by atoms with van der Waals surface area (Å²) < 4.78 is 11.6. The lowest BCUT2D eigenvalue weighted by molar-refractivity contribution is 0.0381. The fourth-order valence-electron chi connectivity index (χ4n) is 3.23. The zero-order valence-corrected chi connectivity index (χ0v) is 13.1. The Labute approximate surface area is 118 Å². The topological polar surface area (TPSA) is 30.5 Å². The molecule has 2 rings (SSSR count). The zero-order chi connectivity index (χ0) is 13.9. The van der Waals surface area contributed by atoms with E-state index in [0.717, 1.165) is 19.8 Å². The van der Waals surface area contributed by atoms with Gasteiger partial charge in [-0.1, -0.05) is 0 Å². The Morgan fingerprint density at radius 2 is 2.00 bits per heavy atom. The number of ether oxygens (including phenoxy) is 2. The van der Waals surface area contributed by atoms with E-state index in [9.17, 15) is 0 Å². The van der Waals surface area contributed by atoms with Crippen molar-refractivity contribution in [2.24, 2.45) is 5.41 Å². The largest absolute Gasteiger partial charge is 0.378 e. The molecule has 2 saturated heterocycles. The van der Waals surface area contributed by atoms with Crippen LogP contribution in [0.25, 0.3) is 0 Å². The second-order valence-electron chi connectivity index (χ2n) is 7.40. The molecule has 0 aromatic rings. The predicted octanol–water partition coefficient (Wildman–Crippen LogP) is 3.13. The molecule has 0 aliphatic carbocycles. The van der Waals surface area contributed by atoms with E-state index in [4.69, 9.17) is 9.47 Å². The van der Waals surface area contributed by atoms with Crippen molar-refractivity contribution in [1.29, 1.82) is 0 Å². The average Bonchev–Trinajstić information content (AvgIpc) is 2.94. The van der Waals surface area contributed by atoms with Crippen molar-refractivity contribution in [1.82, 2.24) is 5.32 Å². The molecule has 0 spiro atoms. The molecule has 2 heterocycles. The summed E-state index contributed by atoms with van der Waals surface area (Å²) in [6.45, 7) is 11.9. The van der Waals surface area contributed by atoms with E-state index >= 15 is 0 Å². The van der Waals surface area contributed by atoms with Gasteiger partial charge < -0.3 is 14.8 Å². The van der Waals surface area contributed by atoms with Gasteiger partial charge in [-0.05, 0) is 59.8 Å². The van der Waals surface area contributed by atoms with Crippen molar-refractivity contribution >= 4 is 0 Å². The van der Waals surface area contributed by atoms with Crippen LogP contribution in [0.5, 0.6) is 0 Å². The molecule has 3 heteroatoms. The first-order valence-corrected chi connectivity index (χ1v) is 7.90. The summed E-state index contributed by atoms with van der Waals surface area (Å²) in [5, 5.41) is 3.69. The lowest BCUT2D eigenvalue weighted by Gasteiger charge is -2.36. The second kappa shape index (κ2) is 6.11. The molecule has 0 amide bonds. The molecule has 3 nitrogen and oxygen atoms in total. The van der Waals surface area contributed by atoms with Gasteiger partial charge in [0.05, 0.1) is 12.2 Å². The van der Waals surface area contributed by atoms with E-state index < -0.39 is 0 Å². The van der Waals surface area contributed by atoms with E-state index in [1.807, 2.05) is 0 Å². The molecule has 0 saturated carbocycles. The number of rotatable bonds is 5. The molecule has 0 aromatic heterocycles. The van der Waals surface area contributed by atoms with E-state index in [-0.39, 0.29) is 5.54 Å². The third-order valence-corrected chi connectivity index (χ3v) is 4.79. The molecule has 2 aliphatic heterocycles. The minimum atomic E-state index is 0.180. The van der Waals surface area contributed by atoms with Gasteiger partial charge in [0, 0.05) is 30.7 Å². The van der Waals surface area contributed by atoms with Gasteiger partial charge in [-0.3, -0.25) is 0 Å². The third-order valence-electron chi connectivity index (χ3n) is 4.79. The summed E-state index contributed by atoms with van der Waals surface area (Å²) in [4.78, 5) is 0. The standard InChI is InChI=1S/C16H31NO2/c1-13-16(9-11-18-13,12-17-15(2,3)4)8-7-14-6-5-10-19-14/h13-14,17H,5-12H2,1-4H3. The lowest BCUT2D eigenvalue weighted by Crippen LogP contribution is -2.47. The summed E-state index contributed by atoms with van der Waals surface area (Å²) in [6.07, 6.45) is 6.95. The van der Waals surface area contributed by atoms with Gasteiger partial charge in [0.1, 0.15) is 0 Å². The van der Waals surface area contributed by atoms with E-state index in [0.29, 0.717) is 17.6 Å². The summed E-state index contributed by atoms with van der Waals surface area (Å²) in [5.41, 5.74) is 0.485. The number of hydrogen-bond acceptors (Lipinski definition) is 3. The first-order valence-electron chi connectivity index (χ1n) is 7.90. The quantitative estimate of drug-likeness (QED) is 0.832. The van der Waals surface area contributed by atoms with Gasteiger partial charge in [-0.2, -0.15) is 0 Å². The van der Waals surface area contributed by atoms with Crippen molar-refractivity contribution in [3.05, 3.63) is 0 Å². The third kappa shape index (κ3) is 4.17. The minimum absolute atomic E-state index is 0.180. The summed E-state index contributed by atoms with van der Waals surface area (Å²) in [7, 11) is 0. The summed E-state index contributed by atoms with van der Waals surface area (Å²) in [6, 6.07) is 0. The fourth-order valence-corrected chi connectivity index (χ4v) is 3.23. The smallest absolute Gasteiger partial charge is 0.0616 e. The minimum Gasteiger partial charge on any atom is -0.378 e. The van der Waals surface area contributed by atoms with Crippen molar-refractivity contribution in [3.8, 4) is 0 Å². The van der Waals surface area contributed by atoms with Crippen LogP contribution in [-0.4, -0.2) is 37.5 Å². The van der Waals surface area contributed by atoms with Crippen LogP contribution in [0.4, 0.5) is 0 Å². The molecule has 1 N–H and O–H groups in total. The van der Waals surface area contributed by atoms with Gasteiger partial charge in [0.25, 0.3) is 0 Å². The van der Waals surface area contributed by atoms with Crippen LogP contribution in [0.3, 0.4) is 0 Å². The molecule has 3 atom stereocenters. The average molecular weight is 269 g/mol. The van der Waals surface area contributed by atoms with Crippen LogP contribution in [0, 0.1) is 5.41 Å². The monoisotopic (exact) mass is 269 g/mol. The van der Waals surface area contributed by atoms with Crippen molar-refractivity contribution in [2.45, 2.75) is 77.5 Å². The highest BCUT2D eigenvalue weighted by molar-refractivity contribution is 4.93. The Morgan fingerprint density at radius 1 is 1.21 bits per heavy atom. The molecule has 19 heavy (non-hydrogen) atoms. The molecular formula is C16H31NO2. The van der Waals surface area contributed by atoms with Crippen molar-refractivity contribution in [3.63, 3.8) is 0 Å². The highest BCUT2D eigenvalue weighted by Gasteiger charge is 2.42. The molecular weight excluding hydrogens is 238 g/mol. The molecule has 0 radical (unpaired) electrons. The van der Waals surface area contributed by atoms with Gasteiger partial charge in [0.2, 0.25) is 0 Å². The Hall–Kier alpha value is -0.120. The maximum Gasteiger partial charge on any atom is 0.0616 e. The molecule has 0 bridgehead atoms. The Bertz CT molecular complexity index is 281. The fraction of sp³-hybridized carbons (Fsp3) is 1.00. The van der Waals surface area contributed by atoms with E-state index in [1.165, 1.54) is 32.1 Å². The maximum atomic E-state index is 5.87. The highest BCUT2D eigenvalue weighted by atomic mass is 16.5. The van der Waals surface area contributed by atoms with Crippen LogP contribution in [-0.2, 0) is 9.47 Å². The first kappa shape index (κ1) is 15.3. The van der Waals surface area contributed by atoms with Crippen LogP contribution < -0.4 is 5.32 Å². The van der Waals surface area contributed by atoms with Gasteiger partial charge >= 0.3 is 0 Å². The van der Waals surface area contributed by atoms with Crippen molar-refractivity contribution in [2.75, 3.05) is 19.8 Å². The van der Waals surface area contributed by atoms with Crippen molar-refractivity contribution < 1.29 is 9.47 Å². The van der Waals surface area contributed by atoms with Gasteiger partial charge in [0.15, 0.2) is 0 Å². The predicted molar refractivity (Wildman–Crippen MR) is 78.4 cm³/mol. The molecule has 2 fully saturated rings. The lowest BCUT2D eigenvalue weighted by atomic mass is 9.76. The maximum absolute atomic E-state index is 5.87. The molecule has 112 valence electrons. The van der Waals surface area contributed by atoms with Crippen LogP contribution in [0.2, 0.25) is 0 Å². The Morgan fingerprint density at radius 3 is 2.53 bits per heavy atom. The zero-order valence-electron chi connectivity index (χ0n) is 13.1. The second-order valence-corrected chi connectivity index (χ2v) is 7.40. The van der Waals surface area contributed by atoms with E-state index in [1.54, 1.807) is 0 Å². The molecule has 2 aliphatic rings. The number of nitrogens with one attached hydrogen (secondary N) is 1. The molecule has 0 aromatic carbocycles. The normalized spacial score (nSPS) is 36.0. The first-order chi connectivity index (χ1) is 8.91. The number of hydrogen-bond donors (Lipinski definition) is 1.